The number of benzene rings is 3. The maximum atomic E-state index is 13.1. The van der Waals surface area contributed by atoms with Crippen LogP contribution in [0.2, 0.25) is 0 Å². The van der Waals surface area contributed by atoms with E-state index in [0.717, 1.165) is 0 Å². The highest BCUT2D eigenvalue weighted by atomic mass is 79.9. The van der Waals surface area contributed by atoms with Gasteiger partial charge in [0.25, 0.3) is 0 Å². The quantitative estimate of drug-likeness (QED) is 0.193. The molecule has 10 nitrogen and oxygen atoms in total. The Labute approximate surface area is 224 Å². The maximum absolute atomic E-state index is 13.1. The zero-order valence-electron chi connectivity index (χ0n) is 20.1. The summed E-state index contributed by atoms with van der Waals surface area (Å²) in [4.78, 5) is 42.1. The van der Waals surface area contributed by atoms with Gasteiger partial charge in [0.05, 0.1) is 9.85 Å². The van der Waals surface area contributed by atoms with Gasteiger partial charge in [-0.1, -0.05) is 33.8 Å². The lowest BCUT2D eigenvalue weighted by molar-refractivity contribution is -0.386. The van der Waals surface area contributed by atoms with Crippen LogP contribution in [0, 0.1) is 37.9 Å². The summed E-state index contributed by atoms with van der Waals surface area (Å²) < 4.78 is 23.8. The van der Waals surface area contributed by atoms with Crippen LogP contribution in [-0.4, -0.2) is 34.6 Å². The molecule has 0 unspecified atom stereocenters. The van der Waals surface area contributed by atoms with Gasteiger partial charge in [-0.2, -0.15) is 0 Å². The summed E-state index contributed by atoms with van der Waals surface area (Å²) in [5.41, 5.74) is 0.406. The molecule has 0 saturated heterocycles. The van der Waals surface area contributed by atoms with Crippen molar-refractivity contribution in [1.29, 1.82) is 0 Å². The first-order valence-electron chi connectivity index (χ1n) is 10.7. The van der Waals surface area contributed by atoms with Crippen molar-refractivity contribution < 1.29 is 33.3 Å². The van der Waals surface area contributed by atoms with Crippen LogP contribution in [0.25, 0.3) is 0 Å². The lowest BCUT2D eigenvalue weighted by Gasteiger charge is -2.04. The topological polar surface area (TPSA) is 139 Å². The zero-order valence-corrected chi connectivity index (χ0v) is 21.7. The van der Waals surface area contributed by atoms with Crippen LogP contribution >= 0.6 is 15.9 Å². The number of Topliss-reactive ketones (excluding diaryl/α,β-unsaturated/α-hetero) is 2. The standard InChI is InChI=1S/C17H12FNO4.C9H8BrNO4/c1-12(20)11-23-17-8-7-14(10-16(17)19(21)22)6-5-13-3-2-4-15(18)9-13;1-6(12)5-15-9-3-2-7(10)4-8(9)11(13)14/h2-4,7-10H,11H2,1H3;2-4H,5H2,1H3. The number of halogens is 2. The second-order valence-electron chi connectivity index (χ2n) is 7.55. The van der Waals surface area contributed by atoms with Crippen LogP contribution in [0.1, 0.15) is 25.0 Å². The normalized spacial score (nSPS) is 9.68. The number of carbonyl (C=O) groups is 2. The minimum Gasteiger partial charge on any atom is -0.479 e. The molecule has 0 heterocycles. The van der Waals surface area contributed by atoms with Gasteiger partial charge < -0.3 is 9.47 Å². The molecule has 0 spiro atoms. The van der Waals surface area contributed by atoms with Gasteiger partial charge in [-0.3, -0.25) is 29.8 Å². The smallest absolute Gasteiger partial charge is 0.312 e. The second kappa shape index (κ2) is 14.2. The zero-order chi connectivity index (χ0) is 28.2. The van der Waals surface area contributed by atoms with Crippen molar-refractivity contribution in [2.24, 2.45) is 0 Å². The van der Waals surface area contributed by atoms with Crippen molar-refractivity contribution in [3.63, 3.8) is 0 Å². The molecule has 0 bridgehead atoms. The second-order valence-corrected chi connectivity index (χ2v) is 8.47. The third kappa shape index (κ3) is 9.79. The molecule has 3 aromatic carbocycles. The van der Waals surface area contributed by atoms with E-state index in [1.807, 2.05) is 0 Å². The number of nitrogens with zero attached hydrogens (tertiary/aromatic N) is 2. The Morgan fingerprint density at radius 3 is 1.82 bits per heavy atom. The number of rotatable bonds is 8. The number of ketones is 2. The highest BCUT2D eigenvalue weighted by Gasteiger charge is 2.17. The molecular weight excluding hydrogens is 567 g/mol. The Morgan fingerprint density at radius 1 is 0.816 bits per heavy atom. The fourth-order valence-corrected chi connectivity index (χ4v) is 3.03. The number of nitro groups is 2. The van der Waals surface area contributed by atoms with E-state index >= 15 is 0 Å². The Hall–Kier alpha value is -4.63. The van der Waals surface area contributed by atoms with Crippen molar-refractivity contribution in [2.45, 2.75) is 13.8 Å². The monoisotopic (exact) mass is 586 g/mol. The molecule has 0 radical (unpaired) electrons. The van der Waals surface area contributed by atoms with E-state index in [-0.39, 0.29) is 47.7 Å². The molecule has 3 rings (SSSR count). The van der Waals surface area contributed by atoms with Crippen LogP contribution in [0.3, 0.4) is 0 Å². The van der Waals surface area contributed by atoms with Gasteiger partial charge in [0.15, 0.2) is 23.1 Å². The Kier molecular flexibility index (Phi) is 11.1. The predicted octanol–water partition coefficient (Wildman–Crippen LogP) is 5.43. The van der Waals surface area contributed by atoms with Gasteiger partial charge in [0.1, 0.15) is 19.0 Å². The molecule has 0 atom stereocenters. The van der Waals surface area contributed by atoms with Crippen molar-refractivity contribution >= 4 is 38.9 Å². The highest BCUT2D eigenvalue weighted by molar-refractivity contribution is 9.10. The van der Waals surface area contributed by atoms with E-state index in [9.17, 15) is 34.2 Å². The molecule has 0 aromatic heterocycles. The molecule has 3 aromatic rings. The van der Waals surface area contributed by atoms with Crippen molar-refractivity contribution in [3.05, 3.63) is 102 Å². The largest absolute Gasteiger partial charge is 0.479 e. The van der Waals surface area contributed by atoms with Crippen molar-refractivity contribution in [1.82, 2.24) is 0 Å². The number of ether oxygens (including phenoxy) is 2. The van der Waals surface area contributed by atoms with Gasteiger partial charge in [0.2, 0.25) is 0 Å². The van der Waals surface area contributed by atoms with E-state index < -0.39 is 15.7 Å². The molecule has 0 N–H and O–H groups in total. The van der Waals surface area contributed by atoms with E-state index in [1.54, 1.807) is 12.1 Å². The Balaban J connectivity index is 0.000000293. The first-order chi connectivity index (χ1) is 18.0. The molecular formula is C26H20BrFN2O8. The minimum absolute atomic E-state index is 0.00139. The van der Waals surface area contributed by atoms with Crippen LogP contribution in [0.5, 0.6) is 11.5 Å². The summed E-state index contributed by atoms with van der Waals surface area (Å²) in [5.74, 6) is 4.72. The minimum atomic E-state index is -0.608. The third-order valence-corrected chi connectivity index (χ3v) is 4.80. The first-order valence-corrected chi connectivity index (χ1v) is 11.5. The van der Waals surface area contributed by atoms with Gasteiger partial charge in [-0.15, -0.1) is 0 Å². The number of hydrogen-bond acceptors (Lipinski definition) is 8. The third-order valence-electron chi connectivity index (χ3n) is 4.31. The molecule has 12 heteroatoms. The Morgan fingerprint density at radius 2 is 1.32 bits per heavy atom. The predicted molar refractivity (Wildman–Crippen MR) is 139 cm³/mol. The molecule has 196 valence electrons. The fourth-order valence-electron chi connectivity index (χ4n) is 2.68. The molecule has 0 aliphatic rings. The fraction of sp³-hybridized carbons (Fsp3) is 0.154. The maximum Gasteiger partial charge on any atom is 0.312 e. The van der Waals surface area contributed by atoms with Gasteiger partial charge in [-0.25, -0.2) is 4.39 Å². The molecule has 0 fully saturated rings. The number of hydrogen-bond donors (Lipinski definition) is 0. The summed E-state index contributed by atoms with van der Waals surface area (Å²) in [6.45, 7) is 2.27. The molecule has 0 aliphatic heterocycles. The molecule has 0 saturated carbocycles. The van der Waals surface area contributed by atoms with Gasteiger partial charge in [-0.05, 0) is 56.3 Å². The number of carbonyl (C=O) groups excluding carboxylic acids is 2. The van der Waals surface area contributed by atoms with Gasteiger partial charge in [0, 0.05) is 27.7 Å². The summed E-state index contributed by atoms with van der Waals surface area (Å²) >= 11 is 3.12. The van der Waals surface area contributed by atoms with Crippen LogP contribution < -0.4 is 9.47 Å². The first kappa shape index (κ1) is 29.6. The van der Waals surface area contributed by atoms with Crippen LogP contribution in [0.15, 0.2) is 65.1 Å². The van der Waals surface area contributed by atoms with Crippen LogP contribution in [0.4, 0.5) is 15.8 Å². The van der Waals surface area contributed by atoms with Gasteiger partial charge >= 0.3 is 11.4 Å². The molecule has 0 aliphatic carbocycles. The lowest BCUT2D eigenvalue weighted by Crippen LogP contribution is -2.08. The van der Waals surface area contributed by atoms with Crippen LogP contribution in [-0.2, 0) is 9.59 Å². The summed E-state index contributed by atoms with van der Waals surface area (Å²) in [6.07, 6.45) is 0. The summed E-state index contributed by atoms with van der Waals surface area (Å²) in [6, 6.07) is 14.3. The highest BCUT2D eigenvalue weighted by Crippen LogP contribution is 2.30. The van der Waals surface area contributed by atoms with Crippen molar-refractivity contribution in [2.75, 3.05) is 13.2 Å². The van der Waals surface area contributed by atoms with E-state index in [4.69, 9.17) is 9.47 Å². The molecule has 38 heavy (non-hydrogen) atoms. The summed E-state index contributed by atoms with van der Waals surface area (Å²) in [7, 11) is 0. The number of nitro benzene ring substituents is 2. The van der Waals surface area contributed by atoms with E-state index in [0.29, 0.717) is 15.6 Å². The average molecular weight is 587 g/mol. The van der Waals surface area contributed by atoms with E-state index in [2.05, 4.69) is 27.8 Å². The average Bonchev–Trinajstić information content (AvgIpc) is 2.85. The Bertz CT molecular complexity index is 1430. The molecule has 0 amide bonds. The van der Waals surface area contributed by atoms with Crippen molar-refractivity contribution in [3.8, 4) is 23.3 Å². The van der Waals surface area contributed by atoms with E-state index in [1.165, 1.54) is 62.4 Å². The SMILES string of the molecule is CC(=O)COc1ccc(Br)cc1[N+](=O)[O-].CC(=O)COc1ccc(C#Cc2cccc(F)c2)cc1[N+](=O)[O-]. The summed E-state index contributed by atoms with van der Waals surface area (Å²) in [5, 5.41) is 21.7. The lowest BCUT2D eigenvalue weighted by atomic mass is 10.1.